The number of rotatable bonds is 8. The quantitative estimate of drug-likeness (QED) is 0.322. The number of aryl methyl sites for hydroxylation is 1. The van der Waals surface area contributed by atoms with Crippen molar-refractivity contribution in [3.8, 4) is 22.7 Å². The Morgan fingerprint density at radius 2 is 1.58 bits per heavy atom. The molecule has 1 atom stereocenters. The third-order valence-corrected chi connectivity index (χ3v) is 6.06. The maximum atomic E-state index is 12.9. The summed E-state index contributed by atoms with van der Waals surface area (Å²) in [5.41, 5.74) is 5.40. The van der Waals surface area contributed by atoms with Gasteiger partial charge in [0.15, 0.2) is 0 Å². The summed E-state index contributed by atoms with van der Waals surface area (Å²) in [7, 11) is 4.28. The molecule has 0 amide bonds. The van der Waals surface area contributed by atoms with Crippen molar-refractivity contribution in [2.45, 2.75) is 19.3 Å². The van der Waals surface area contributed by atoms with E-state index in [0.29, 0.717) is 16.8 Å². The lowest BCUT2D eigenvalue weighted by Crippen LogP contribution is -2.20. The fraction of sp³-hybridized carbons (Fsp3) is 0.207. The van der Waals surface area contributed by atoms with Gasteiger partial charge >= 0.3 is 11.9 Å². The first-order valence-electron chi connectivity index (χ1n) is 11.5. The van der Waals surface area contributed by atoms with E-state index >= 15 is 0 Å². The highest BCUT2D eigenvalue weighted by Crippen LogP contribution is 2.30. The van der Waals surface area contributed by atoms with E-state index in [4.69, 9.17) is 19.3 Å². The monoisotopic (exact) mass is 484 g/mol. The van der Waals surface area contributed by atoms with Crippen molar-refractivity contribution in [3.05, 3.63) is 101 Å². The lowest BCUT2D eigenvalue weighted by Gasteiger charge is -2.16. The van der Waals surface area contributed by atoms with Gasteiger partial charge in [-0.1, -0.05) is 48.0 Å². The van der Waals surface area contributed by atoms with E-state index in [1.54, 1.807) is 31.4 Å². The van der Waals surface area contributed by atoms with Crippen LogP contribution < -0.4 is 4.74 Å². The van der Waals surface area contributed by atoms with Gasteiger partial charge in [-0.15, -0.1) is 0 Å². The van der Waals surface area contributed by atoms with Crippen LogP contribution in [0.25, 0.3) is 16.9 Å². The molecule has 1 heterocycles. The molecule has 0 spiro atoms. The van der Waals surface area contributed by atoms with Gasteiger partial charge in [-0.25, -0.2) is 9.48 Å². The summed E-state index contributed by atoms with van der Waals surface area (Å²) in [6.07, 6.45) is 0.239. The van der Waals surface area contributed by atoms with Crippen LogP contribution in [0.2, 0.25) is 0 Å². The third kappa shape index (κ3) is 5.15. The van der Waals surface area contributed by atoms with Crippen molar-refractivity contribution in [1.29, 1.82) is 0 Å². The molecule has 0 aliphatic rings. The summed E-state index contributed by atoms with van der Waals surface area (Å²) in [5.74, 6) is -0.964. The molecule has 3 aromatic carbocycles. The minimum Gasteiger partial charge on any atom is -0.497 e. The molecule has 1 aromatic heterocycles. The van der Waals surface area contributed by atoms with Crippen LogP contribution in [0.15, 0.2) is 78.9 Å². The maximum absolute atomic E-state index is 12.9. The van der Waals surface area contributed by atoms with Crippen molar-refractivity contribution in [1.82, 2.24) is 9.78 Å². The van der Waals surface area contributed by atoms with Crippen LogP contribution in [0.4, 0.5) is 0 Å². The fourth-order valence-electron chi connectivity index (χ4n) is 4.15. The highest BCUT2D eigenvalue weighted by Gasteiger charge is 2.28. The number of esters is 2. The Balaban J connectivity index is 1.80. The smallest absolute Gasteiger partial charge is 0.338 e. The van der Waals surface area contributed by atoms with Gasteiger partial charge in [-0.2, -0.15) is 5.10 Å². The van der Waals surface area contributed by atoms with Crippen molar-refractivity contribution >= 4 is 11.9 Å². The maximum Gasteiger partial charge on any atom is 0.338 e. The highest BCUT2D eigenvalue weighted by molar-refractivity contribution is 5.93. The second-order valence-electron chi connectivity index (χ2n) is 8.36. The van der Waals surface area contributed by atoms with Gasteiger partial charge in [-0.05, 0) is 48.9 Å². The van der Waals surface area contributed by atoms with Crippen molar-refractivity contribution in [3.63, 3.8) is 0 Å². The lowest BCUT2D eigenvalue weighted by molar-refractivity contribution is -0.142. The van der Waals surface area contributed by atoms with E-state index in [-0.39, 0.29) is 6.42 Å². The van der Waals surface area contributed by atoms with Gasteiger partial charge in [0.1, 0.15) is 5.75 Å². The molecule has 7 heteroatoms. The molecule has 0 aliphatic heterocycles. The Kier molecular flexibility index (Phi) is 7.49. The topological polar surface area (TPSA) is 79.7 Å². The lowest BCUT2D eigenvalue weighted by atomic mass is 9.90. The fourth-order valence-corrected chi connectivity index (χ4v) is 4.15. The van der Waals surface area contributed by atoms with Crippen molar-refractivity contribution in [2.75, 3.05) is 21.3 Å². The molecule has 0 N–H and O–H groups in total. The van der Waals surface area contributed by atoms with Gasteiger partial charge in [0.05, 0.1) is 49.9 Å². The minimum atomic E-state index is -0.740. The first-order valence-corrected chi connectivity index (χ1v) is 11.5. The van der Waals surface area contributed by atoms with Crippen LogP contribution in [0.3, 0.4) is 0 Å². The predicted molar refractivity (Wildman–Crippen MR) is 137 cm³/mol. The standard InChI is InChI=1S/C29H28N2O5/c1-19-9-11-20(12-10-19)27-18-21(30-31(27)22-13-15-23(34-2)16-14-22)17-26(29(33)36-4)24-7-5-6-8-25(24)28(32)35-3/h5-16,18,26H,17H2,1-4H3. The molecule has 0 fully saturated rings. The molecular formula is C29H28N2O5. The molecule has 0 saturated heterocycles. The molecule has 0 bridgehead atoms. The second-order valence-corrected chi connectivity index (χ2v) is 8.36. The molecular weight excluding hydrogens is 456 g/mol. The van der Waals surface area contributed by atoms with E-state index in [0.717, 1.165) is 28.3 Å². The van der Waals surface area contributed by atoms with Gasteiger partial charge in [0, 0.05) is 12.0 Å². The summed E-state index contributed by atoms with van der Waals surface area (Å²) < 4.78 is 17.2. The zero-order valence-electron chi connectivity index (χ0n) is 20.7. The van der Waals surface area contributed by atoms with Gasteiger partial charge in [-0.3, -0.25) is 4.79 Å². The largest absolute Gasteiger partial charge is 0.497 e. The highest BCUT2D eigenvalue weighted by atomic mass is 16.5. The number of carbonyl (C=O) groups excluding carboxylic acids is 2. The van der Waals surface area contributed by atoms with Crippen LogP contribution in [-0.4, -0.2) is 43.0 Å². The molecule has 1 unspecified atom stereocenters. The van der Waals surface area contributed by atoms with Crippen LogP contribution in [-0.2, 0) is 20.7 Å². The number of ether oxygens (including phenoxy) is 3. The molecule has 36 heavy (non-hydrogen) atoms. The zero-order valence-corrected chi connectivity index (χ0v) is 20.7. The summed E-state index contributed by atoms with van der Waals surface area (Å²) in [5, 5.41) is 4.86. The van der Waals surface area contributed by atoms with Crippen molar-refractivity contribution in [2.24, 2.45) is 0 Å². The molecule has 4 aromatic rings. The first kappa shape index (κ1) is 24.7. The van der Waals surface area contributed by atoms with Crippen LogP contribution in [0, 0.1) is 6.92 Å². The Hall–Kier alpha value is -4.39. The molecule has 0 saturated carbocycles. The number of aromatic nitrogens is 2. The Morgan fingerprint density at radius 1 is 0.889 bits per heavy atom. The normalized spacial score (nSPS) is 11.6. The van der Waals surface area contributed by atoms with E-state index in [2.05, 4.69) is 0 Å². The van der Waals surface area contributed by atoms with Crippen LogP contribution in [0.5, 0.6) is 5.75 Å². The van der Waals surface area contributed by atoms with E-state index in [9.17, 15) is 9.59 Å². The van der Waals surface area contributed by atoms with E-state index in [1.807, 2.05) is 66.2 Å². The number of carbonyl (C=O) groups is 2. The van der Waals surface area contributed by atoms with E-state index < -0.39 is 17.9 Å². The zero-order chi connectivity index (χ0) is 25.7. The predicted octanol–water partition coefficient (Wildman–Crippen LogP) is 5.14. The van der Waals surface area contributed by atoms with Crippen LogP contribution >= 0.6 is 0 Å². The Labute approximate surface area is 210 Å². The minimum absolute atomic E-state index is 0.239. The SMILES string of the molecule is COC(=O)c1ccccc1C(Cc1cc(-c2ccc(C)cc2)n(-c2ccc(OC)cc2)n1)C(=O)OC. The molecule has 0 radical (unpaired) electrons. The van der Waals surface area contributed by atoms with Gasteiger partial charge in [0.2, 0.25) is 0 Å². The summed E-state index contributed by atoms with van der Waals surface area (Å²) >= 11 is 0. The number of methoxy groups -OCH3 is 3. The number of hydrogen-bond donors (Lipinski definition) is 0. The summed E-state index contributed by atoms with van der Waals surface area (Å²) in [6.45, 7) is 2.04. The van der Waals surface area contributed by atoms with E-state index in [1.165, 1.54) is 14.2 Å². The number of benzene rings is 3. The molecule has 184 valence electrons. The van der Waals surface area contributed by atoms with Gasteiger partial charge < -0.3 is 14.2 Å². The Morgan fingerprint density at radius 3 is 2.22 bits per heavy atom. The molecule has 7 nitrogen and oxygen atoms in total. The average Bonchev–Trinajstić information content (AvgIpc) is 3.35. The van der Waals surface area contributed by atoms with Crippen molar-refractivity contribution < 1.29 is 23.8 Å². The second kappa shape index (κ2) is 10.9. The number of hydrogen-bond acceptors (Lipinski definition) is 6. The molecule has 4 rings (SSSR count). The molecule has 0 aliphatic carbocycles. The third-order valence-electron chi connectivity index (χ3n) is 6.06. The number of nitrogens with zero attached hydrogens (tertiary/aromatic N) is 2. The Bertz CT molecular complexity index is 1360. The average molecular weight is 485 g/mol. The first-order chi connectivity index (χ1) is 17.4. The summed E-state index contributed by atoms with van der Waals surface area (Å²) in [4.78, 5) is 25.3. The van der Waals surface area contributed by atoms with Crippen LogP contribution in [0.1, 0.15) is 33.1 Å². The summed E-state index contributed by atoms with van der Waals surface area (Å²) in [6, 6.07) is 24.7. The van der Waals surface area contributed by atoms with Gasteiger partial charge in [0.25, 0.3) is 0 Å².